The topological polar surface area (TPSA) is 62.7 Å². The average molecular weight is 238 g/mol. The molecule has 0 amide bonds. The van der Waals surface area contributed by atoms with Gasteiger partial charge in [-0.05, 0) is 12.1 Å². The molecule has 1 N–H and O–H groups in total. The smallest absolute Gasteiger partial charge is 0.317 e. The Morgan fingerprint density at radius 2 is 2.29 bits per heavy atom. The van der Waals surface area contributed by atoms with E-state index in [9.17, 15) is 4.79 Å². The highest BCUT2D eigenvalue weighted by atomic mass is 16.5. The summed E-state index contributed by atoms with van der Waals surface area (Å²) in [6.45, 7) is 1.87. The minimum atomic E-state index is -0.817. The van der Waals surface area contributed by atoms with E-state index >= 15 is 0 Å². The van der Waals surface area contributed by atoms with Gasteiger partial charge >= 0.3 is 5.97 Å². The molecule has 0 aliphatic heterocycles. The van der Waals surface area contributed by atoms with Gasteiger partial charge in [0.25, 0.3) is 0 Å². The predicted molar refractivity (Wildman–Crippen MR) is 63.9 cm³/mol. The number of carboxylic acids is 1. The normalized spacial score (nSPS) is 10.7. The van der Waals surface area contributed by atoms with Crippen molar-refractivity contribution >= 4 is 5.97 Å². The molecular formula is C12H18N2O3. The van der Waals surface area contributed by atoms with Crippen molar-refractivity contribution in [1.82, 2.24) is 9.88 Å². The van der Waals surface area contributed by atoms with E-state index < -0.39 is 5.97 Å². The van der Waals surface area contributed by atoms with E-state index in [-0.39, 0.29) is 6.54 Å². The van der Waals surface area contributed by atoms with Crippen molar-refractivity contribution in [2.45, 2.75) is 6.42 Å². The van der Waals surface area contributed by atoms with E-state index in [1.807, 2.05) is 23.1 Å². The molecule has 0 spiro atoms. The first-order valence-electron chi connectivity index (χ1n) is 5.55. The first kappa shape index (κ1) is 13.6. The third-order valence-electron chi connectivity index (χ3n) is 2.38. The van der Waals surface area contributed by atoms with Gasteiger partial charge in [-0.1, -0.05) is 6.07 Å². The highest BCUT2D eigenvalue weighted by Crippen LogP contribution is 1.98. The summed E-state index contributed by atoms with van der Waals surface area (Å²) < 4.78 is 4.96. The first-order chi connectivity index (χ1) is 8.22. The van der Waals surface area contributed by atoms with Crippen LogP contribution in [-0.2, 0) is 16.0 Å². The number of carboxylic acid groups (broad SMARTS) is 1. The van der Waals surface area contributed by atoms with Crippen LogP contribution in [0.5, 0.6) is 0 Å². The molecule has 1 heterocycles. The molecule has 1 aromatic heterocycles. The summed E-state index contributed by atoms with van der Waals surface area (Å²) in [5.74, 6) is -0.817. The minimum absolute atomic E-state index is 0.0379. The Hall–Kier alpha value is -1.46. The van der Waals surface area contributed by atoms with E-state index in [4.69, 9.17) is 9.84 Å². The number of methoxy groups -OCH3 is 1. The molecule has 0 unspecified atom stereocenters. The summed E-state index contributed by atoms with van der Waals surface area (Å²) in [5.41, 5.74) is 0.973. The van der Waals surface area contributed by atoms with Gasteiger partial charge in [0, 0.05) is 38.5 Å². The van der Waals surface area contributed by atoms with Crippen molar-refractivity contribution in [2.75, 3.05) is 33.4 Å². The molecule has 0 fully saturated rings. The summed E-state index contributed by atoms with van der Waals surface area (Å²) >= 11 is 0. The maximum absolute atomic E-state index is 10.7. The summed E-state index contributed by atoms with van der Waals surface area (Å²) in [6, 6.07) is 5.73. The zero-order chi connectivity index (χ0) is 12.5. The van der Waals surface area contributed by atoms with Crippen LogP contribution in [0.3, 0.4) is 0 Å². The number of aromatic nitrogens is 1. The first-order valence-corrected chi connectivity index (χ1v) is 5.55. The summed E-state index contributed by atoms with van der Waals surface area (Å²) in [7, 11) is 1.61. The molecule has 5 heteroatoms. The fraction of sp³-hybridized carbons (Fsp3) is 0.500. The Labute approximate surface area is 101 Å². The molecule has 0 aromatic carbocycles. The molecule has 1 aromatic rings. The van der Waals surface area contributed by atoms with Crippen molar-refractivity contribution in [1.29, 1.82) is 0 Å². The predicted octanol–water partition coefficient (Wildman–Crippen LogP) is 0.657. The molecule has 94 valence electrons. The number of nitrogens with zero attached hydrogens (tertiary/aromatic N) is 2. The van der Waals surface area contributed by atoms with Crippen LogP contribution in [-0.4, -0.2) is 54.3 Å². The number of hydrogen-bond acceptors (Lipinski definition) is 4. The van der Waals surface area contributed by atoms with Gasteiger partial charge in [0.15, 0.2) is 0 Å². The van der Waals surface area contributed by atoms with Crippen molar-refractivity contribution in [3.05, 3.63) is 30.1 Å². The minimum Gasteiger partial charge on any atom is -0.480 e. The van der Waals surface area contributed by atoms with Gasteiger partial charge in [-0.3, -0.25) is 14.7 Å². The fourth-order valence-electron chi connectivity index (χ4n) is 1.50. The lowest BCUT2D eigenvalue weighted by Gasteiger charge is -2.19. The molecular weight excluding hydrogens is 220 g/mol. The van der Waals surface area contributed by atoms with Gasteiger partial charge in [-0.15, -0.1) is 0 Å². The number of pyridine rings is 1. The number of hydrogen-bond donors (Lipinski definition) is 1. The highest BCUT2D eigenvalue weighted by Gasteiger charge is 2.09. The van der Waals surface area contributed by atoms with Gasteiger partial charge in [0.2, 0.25) is 0 Å². The third-order valence-corrected chi connectivity index (χ3v) is 2.38. The lowest BCUT2D eigenvalue weighted by Crippen LogP contribution is -2.34. The SMILES string of the molecule is COCCN(CCc1ccccn1)CC(=O)O. The van der Waals surface area contributed by atoms with Crippen molar-refractivity contribution in [3.8, 4) is 0 Å². The second-order valence-electron chi connectivity index (χ2n) is 3.73. The second-order valence-corrected chi connectivity index (χ2v) is 3.73. The molecule has 0 bridgehead atoms. The Morgan fingerprint density at radius 1 is 1.47 bits per heavy atom. The Bertz CT molecular complexity index is 330. The standard InChI is InChI=1S/C12H18N2O3/c1-17-9-8-14(10-12(15)16)7-5-11-4-2-3-6-13-11/h2-4,6H,5,7-10H2,1H3,(H,15,16). The maximum Gasteiger partial charge on any atom is 0.317 e. The zero-order valence-electron chi connectivity index (χ0n) is 10.0. The van der Waals surface area contributed by atoms with Crippen LogP contribution in [0.15, 0.2) is 24.4 Å². The fourth-order valence-corrected chi connectivity index (χ4v) is 1.50. The molecule has 0 atom stereocenters. The van der Waals surface area contributed by atoms with Crippen molar-refractivity contribution in [2.24, 2.45) is 0 Å². The Morgan fingerprint density at radius 3 is 2.88 bits per heavy atom. The molecule has 17 heavy (non-hydrogen) atoms. The van der Waals surface area contributed by atoms with Crippen LogP contribution in [0.2, 0.25) is 0 Å². The van der Waals surface area contributed by atoms with E-state index in [1.54, 1.807) is 13.3 Å². The largest absolute Gasteiger partial charge is 0.480 e. The van der Waals surface area contributed by atoms with Crippen molar-refractivity contribution in [3.63, 3.8) is 0 Å². The van der Waals surface area contributed by atoms with Crippen LogP contribution in [0.25, 0.3) is 0 Å². The summed E-state index contributed by atoms with van der Waals surface area (Å²) in [5, 5.41) is 8.78. The Balaban J connectivity index is 2.40. The number of rotatable bonds is 8. The van der Waals surface area contributed by atoms with Crippen LogP contribution in [0.1, 0.15) is 5.69 Å². The average Bonchev–Trinajstić information content (AvgIpc) is 2.33. The van der Waals surface area contributed by atoms with E-state index in [1.165, 1.54) is 0 Å². The monoisotopic (exact) mass is 238 g/mol. The molecule has 0 saturated heterocycles. The van der Waals surface area contributed by atoms with Crippen molar-refractivity contribution < 1.29 is 14.6 Å². The van der Waals surface area contributed by atoms with E-state index in [0.29, 0.717) is 19.7 Å². The summed E-state index contributed by atoms with van der Waals surface area (Å²) in [4.78, 5) is 16.7. The Kier molecular flexibility index (Phi) is 6.21. The molecule has 0 saturated carbocycles. The van der Waals surface area contributed by atoms with Gasteiger partial charge in [-0.2, -0.15) is 0 Å². The van der Waals surface area contributed by atoms with Gasteiger partial charge < -0.3 is 9.84 Å². The third kappa shape index (κ3) is 5.99. The molecule has 0 radical (unpaired) electrons. The lowest BCUT2D eigenvalue weighted by molar-refractivity contribution is -0.138. The van der Waals surface area contributed by atoms with Gasteiger partial charge in [-0.25, -0.2) is 0 Å². The number of aliphatic carboxylic acids is 1. The van der Waals surface area contributed by atoms with Crippen LogP contribution in [0, 0.1) is 0 Å². The quantitative estimate of drug-likeness (QED) is 0.720. The number of carbonyl (C=O) groups is 1. The number of ether oxygens (including phenoxy) is 1. The highest BCUT2D eigenvalue weighted by molar-refractivity contribution is 5.69. The molecule has 0 aliphatic carbocycles. The van der Waals surface area contributed by atoms with Crippen LogP contribution < -0.4 is 0 Å². The van der Waals surface area contributed by atoms with Gasteiger partial charge in [0.1, 0.15) is 0 Å². The van der Waals surface area contributed by atoms with Crippen LogP contribution in [0.4, 0.5) is 0 Å². The molecule has 5 nitrogen and oxygen atoms in total. The second kappa shape index (κ2) is 7.76. The van der Waals surface area contributed by atoms with E-state index in [0.717, 1.165) is 12.1 Å². The van der Waals surface area contributed by atoms with Gasteiger partial charge in [0.05, 0.1) is 13.2 Å². The maximum atomic E-state index is 10.7. The zero-order valence-corrected chi connectivity index (χ0v) is 10.0. The lowest BCUT2D eigenvalue weighted by atomic mass is 10.2. The molecule has 1 rings (SSSR count). The molecule has 0 aliphatic rings. The van der Waals surface area contributed by atoms with E-state index in [2.05, 4.69) is 4.98 Å². The van der Waals surface area contributed by atoms with Crippen LogP contribution >= 0.6 is 0 Å². The summed E-state index contributed by atoms with van der Waals surface area (Å²) in [6.07, 6.45) is 2.49.